The Labute approximate surface area is 125 Å². The lowest BCUT2D eigenvalue weighted by Crippen LogP contribution is -2.34. The maximum absolute atomic E-state index is 11.8. The number of nitrogens with zero attached hydrogens (tertiary/aromatic N) is 2. The summed E-state index contributed by atoms with van der Waals surface area (Å²) in [7, 11) is 0. The lowest BCUT2D eigenvalue weighted by molar-refractivity contribution is 0.0927. The molecule has 0 unspecified atom stereocenters. The van der Waals surface area contributed by atoms with Crippen LogP contribution in [0, 0.1) is 0 Å². The molecule has 0 saturated carbocycles. The summed E-state index contributed by atoms with van der Waals surface area (Å²) in [4.78, 5) is 19.6. The SMILES string of the molecule is C[C@@H](CNC(=O)c1cnccn1)Oc1cccc(Br)c1. The second-order valence-corrected chi connectivity index (χ2v) is 5.10. The van der Waals surface area contributed by atoms with Crippen LogP contribution in [0.4, 0.5) is 0 Å². The summed E-state index contributed by atoms with van der Waals surface area (Å²) in [5.41, 5.74) is 0.294. The van der Waals surface area contributed by atoms with Gasteiger partial charge in [0.1, 0.15) is 17.5 Å². The first-order valence-electron chi connectivity index (χ1n) is 6.11. The predicted molar refractivity (Wildman–Crippen MR) is 78.6 cm³/mol. The van der Waals surface area contributed by atoms with Crippen molar-refractivity contribution in [3.05, 3.63) is 53.0 Å². The van der Waals surface area contributed by atoms with E-state index in [1.54, 1.807) is 0 Å². The van der Waals surface area contributed by atoms with Gasteiger partial charge in [-0.25, -0.2) is 4.98 Å². The summed E-state index contributed by atoms with van der Waals surface area (Å²) in [6.07, 6.45) is 4.28. The molecule has 0 aliphatic rings. The normalized spacial score (nSPS) is 11.7. The Morgan fingerprint density at radius 2 is 2.30 bits per heavy atom. The second kappa shape index (κ2) is 7.00. The fourth-order valence-corrected chi connectivity index (χ4v) is 1.94. The molecule has 0 spiro atoms. The third kappa shape index (κ3) is 4.31. The molecule has 0 aliphatic carbocycles. The summed E-state index contributed by atoms with van der Waals surface area (Å²) in [6.45, 7) is 2.28. The van der Waals surface area contributed by atoms with Crippen LogP contribution >= 0.6 is 15.9 Å². The summed E-state index contributed by atoms with van der Waals surface area (Å²) in [5.74, 6) is 0.489. The van der Waals surface area contributed by atoms with Gasteiger partial charge < -0.3 is 10.1 Å². The Balaban J connectivity index is 1.83. The van der Waals surface area contributed by atoms with E-state index in [0.717, 1.165) is 10.2 Å². The van der Waals surface area contributed by atoms with Crippen molar-refractivity contribution in [3.8, 4) is 5.75 Å². The van der Waals surface area contributed by atoms with Gasteiger partial charge in [0, 0.05) is 16.9 Å². The maximum Gasteiger partial charge on any atom is 0.271 e. The Hall–Kier alpha value is -1.95. The van der Waals surface area contributed by atoms with Gasteiger partial charge in [-0.15, -0.1) is 0 Å². The molecule has 20 heavy (non-hydrogen) atoms. The highest BCUT2D eigenvalue weighted by molar-refractivity contribution is 9.10. The number of carbonyl (C=O) groups excluding carboxylic acids is 1. The van der Waals surface area contributed by atoms with Gasteiger partial charge in [-0.2, -0.15) is 0 Å². The van der Waals surface area contributed by atoms with E-state index < -0.39 is 0 Å². The van der Waals surface area contributed by atoms with Crippen molar-refractivity contribution in [1.29, 1.82) is 0 Å². The van der Waals surface area contributed by atoms with E-state index >= 15 is 0 Å². The molecule has 2 rings (SSSR count). The molecule has 104 valence electrons. The number of carbonyl (C=O) groups is 1. The molecule has 1 aromatic heterocycles. The molecule has 1 atom stereocenters. The molecule has 1 heterocycles. The minimum absolute atomic E-state index is 0.148. The first kappa shape index (κ1) is 14.5. The third-order valence-corrected chi connectivity index (χ3v) is 2.97. The Morgan fingerprint density at radius 3 is 3.00 bits per heavy atom. The molecule has 2 aromatic rings. The number of halogens is 1. The molecule has 0 bridgehead atoms. The predicted octanol–water partition coefficient (Wildman–Crippen LogP) is 2.44. The smallest absolute Gasteiger partial charge is 0.271 e. The van der Waals surface area contributed by atoms with Gasteiger partial charge in [0.2, 0.25) is 0 Å². The Morgan fingerprint density at radius 1 is 1.45 bits per heavy atom. The minimum atomic E-state index is -0.261. The average Bonchev–Trinajstić information content (AvgIpc) is 2.46. The summed E-state index contributed by atoms with van der Waals surface area (Å²) < 4.78 is 6.65. The van der Waals surface area contributed by atoms with Gasteiger partial charge in [0.15, 0.2) is 0 Å². The van der Waals surface area contributed by atoms with Crippen molar-refractivity contribution in [2.75, 3.05) is 6.54 Å². The van der Waals surface area contributed by atoms with Crippen molar-refractivity contribution >= 4 is 21.8 Å². The van der Waals surface area contributed by atoms with Gasteiger partial charge >= 0.3 is 0 Å². The van der Waals surface area contributed by atoms with Crippen LogP contribution in [0.1, 0.15) is 17.4 Å². The monoisotopic (exact) mass is 335 g/mol. The van der Waals surface area contributed by atoms with Crippen molar-refractivity contribution < 1.29 is 9.53 Å². The lowest BCUT2D eigenvalue weighted by Gasteiger charge is -2.15. The number of aromatic nitrogens is 2. The van der Waals surface area contributed by atoms with Gasteiger partial charge in [0.25, 0.3) is 5.91 Å². The first-order valence-corrected chi connectivity index (χ1v) is 6.91. The van der Waals surface area contributed by atoms with Crippen molar-refractivity contribution in [1.82, 2.24) is 15.3 Å². The summed E-state index contributed by atoms with van der Waals surface area (Å²) in [6, 6.07) is 7.56. The number of amides is 1. The minimum Gasteiger partial charge on any atom is -0.489 e. The van der Waals surface area contributed by atoms with Crippen LogP contribution in [-0.2, 0) is 0 Å². The summed E-state index contributed by atoms with van der Waals surface area (Å²) >= 11 is 3.38. The zero-order chi connectivity index (χ0) is 14.4. The number of hydrogen-bond acceptors (Lipinski definition) is 4. The fourth-order valence-electron chi connectivity index (χ4n) is 1.56. The number of benzene rings is 1. The van der Waals surface area contributed by atoms with Crippen LogP contribution < -0.4 is 10.1 Å². The van der Waals surface area contributed by atoms with E-state index in [1.807, 2.05) is 31.2 Å². The maximum atomic E-state index is 11.8. The number of hydrogen-bond donors (Lipinski definition) is 1. The second-order valence-electron chi connectivity index (χ2n) is 4.19. The van der Waals surface area contributed by atoms with Crippen molar-refractivity contribution in [2.45, 2.75) is 13.0 Å². The van der Waals surface area contributed by atoms with E-state index in [4.69, 9.17) is 4.74 Å². The molecule has 0 radical (unpaired) electrons. The van der Waals surface area contributed by atoms with Gasteiger partial charge in [-0.1, -0.05) is 22.0 Å². The van der Waals surface area contributed by atoms with Crippen LogP contribution in [0.15, 0.2) is 47.3 Å². The highest BCUT2D eigenvalue weighted by atomic mass is 79.9. The number of nitrogens with one attached hydrogen (secondary N) is 1. The largest absolute Gasteiger partial charge is 0.489 e. The molecular formula is C14H14BrN3O2. The van der Waals surface area contributed by atoms with Crippen LogP contribution in [0.2, 0.25) is 0 Å². The molecule has 6 heteroatoms. The quantitative estimate of drug-likeness (QED) is 0.911. The highest BCUT2D eigenvalue weighted by Gasteiger charge is 2.10. The van der Waals surface area contributed by atoms with Crippen LogP contribution in [-0.4, -0.2) is 28.5 Å². The topological polar surface area (TPSA) is 64.1 Å². The van der Waals surface area contributed by atoms with Gasteiger partial charge in [-0.05, 0) is 25.1 Å². The molecule has 1 aromatic carbocycles. The van der Waals surface area contributed by atoms with Crippen LogP contribution in [0.3, 0.4) is 0 Å². The molecule has 0 saturated heterocycles. The fraction of sp³-hybridized carbons (Fsp3) is 0.214. The Kier molecular flexibility index (Phi) is 5.06. The molecule has 1 amide bonds. The average molecular weight is 336 g/mol. The Bertz CT molecular complexity index is 578. The zero-order valence-electron chi connectivity index (χ0n) is 10.9. The first-order chi connectivity index (χ1) is 9.65. The molecule has 1 N–H and O–H groups in total. The van der Waals surface area contributed by atoms with E-state index in [0.29, 0.717) is 12.2 Å². The van der Waals surface area contributed by atoms with Gasteiger partial charge in [0.05, 0.1) is 12.7 Å². The zero-order valence-corrected chi connectivity index (χ0v) is 12.5. The van der Waals surface area contributed by atoms with Crippen LogP contribution in [0.5, 0.6) is 5.75 Å². The van der Waals surface area contributed by atoms with Crippen molar-refractivity contribution in [3.63, 3.8) is 0 Å². The van der Waals surface area contributed by atoms with Gasteiger partial charge in [-0.3, -0.25) is 9.78 Å². The standard InChI is InChI=1S/C14H14BrN3O2/c1-10(20-12-4-2-3-11(15)7-12)8-18-14(19)13-9-16-5-6-17-13/h2-7,9-10H,8H2,1H3,(H,18,19)/t10-/m0/s1. The summed E-state index contributed by atoms with van der Waals surface area (Å²) in [5, 5.41) is 2.76. The molecule has 5 nitrogen and oxygen atoms in total. The number of ether oxygens (including phenoxy) is 1. The van der Waals surface area contributed by atoms with Crippen LogP contribution in [0.25, 0.3) is 0 Å². The molecule has 0 aliphatic heterocycles. The third-order valence-electron chi connectivity index (χ3n) is 2.48. The highest BCUT2D eigenvalue weighted by Crippen LogP contribution is 2.18. The van der Waals surface area contributed by atoms with E-state index in [2.05, 4.69) is 31.2 Å². The van der Waals surface area contributed by atoms with E-state index in [-0.39, 0.29) is 12.0 Å². The molecule has 0 fully saturated rings. The number of rotatable bonds is 5. The van der Waals surface area contributed by atoms with E-state index in [1.165, 1.54) is 18.6 Å². The van der Waals surface area contributed by atoms with Crippen molar-refractivity contribution in [2.24, 2.45) is 0 Å². The molecular weight excluding hydrogens is 322 g/mol. The lowest BCUT2D eigenvalue weighted by atomic mass is 10.3. The van der Waals surface area contributed by atoms with E-state index in [9.17, 15) is 4.79 Å².